The fourth-order valence-corrected chi connectivity index (χ4v) is 2.77. The highest BCUT2D eigenvalue weighted by molar-refractivity contribution is 5.95. The highest BCUT2D eigenvalue weighted by Gasteiger charge is 2.27. The molecule has 3 N–H and O–H groups in total. The van der Waals surface area contributed by atoms with Gasteiger partial charge in [-0.3, -0.25) is 9.69 Å². The Morgan fingerprint density at radius 3 is 2.52 bits per heavy atom. The number of likely N-dealkylation sites (N-methyl/N-ethyl adjacent to an activating group) is 1. The summed E-state index contributed by atoms with van der Waals surface area (Å²) in [6.45, 7) is 10.2. The number of hydrogen-bond donors (Lipinski definition) is 2. The second-order valence-corrected chi connectivity index (χ2v) is 6.12. The Kier molecular flexibility index (Phi) is 7.89. The molecule has 23 heavy (non-hydrogen) atoms. The van der Waals surface area contributed by atoms with Crippen LogP contribution in [0.4, 0.5) is 11.4 Å². The molecule has 0 spiro atoms. The molecule has 0 aliphatic rings. The number of benzene rings is 1. The molecule has 0 fully saturated rings. The highest BCUT2D eigenvalue weighted by atomic mass is 16.5. The molecule has 1 unspecified atom stereocenters. The average Bonchev–Trinajstić information content (AvgIpc) is 2.50. The number of nitrogens with two attached hydrogens (primary N) is 1. The topological polar surface area (TPSA) is 67.6 Å². The Morgan fingerprint density at radius 1 is 1.35 bits per heavy atom. The maximum absolute atomic E-state index is 12.8. The number of carbonyl (C=O) groups excluding carboxylic acids is 1. The van der Waals surface area contributed by atoms with Crippen molar-refractivity contribution in [1.29, 1.82) is 0 Å². The van der Waals surface area contributed by atoms with Crippen LogP contribution in [0.15, 0.2) is 18.2 Å². The van der Waals surface area contributed by atoms with Gasteiger partial charge in [-0.15, -0.1) is 0 Å². The zero-order valence-electron chi connectivity index (χ0n) is 15.1. The molecule has 0 saturated heterocycles. The van der Waals surface area contributed by atoms with E-state index in [1.165, 1.54) is 0 Å². The lowest BCUT2D eigenvalue weighted by Crippen LogP contribution is -2.47. The summed E-state index contributed by atoms with van der Waals surface area (Å²) in [5, 5.41) is 2.99. The van der Waals surface area contributed by atoms with Crippen LogP contribution in [0, 0.1) is 5.92 Å². The molecule has 5 nitrogen and oxygen atoms in total. The zero-order chi connectivity index (χ0) is 17.4. The Labute approximate surface area is 140 Å². The predicted molar refractivity (Wildman–Crippen MR) is 96.8 cm³/mol. The van der Waals surface area contributed by atoms with Crippen molar-refractivity contribution in [2.24, 2.45) is 5.92 Å². The van der Waals surface area contributed by atoms with E-state index >= 15 is 0 Å². The SMILES string of the molecule is CCCCN(CC)C(C(=O)Nc1ccc(OC)c(N)c1)C(C)C. The van der Waals surface area contributed by atoms with E-state index in [0.717, 1.165) is 25.9 Å². The van der Waals surface area contributed by atoms with Gasteiger partial charge in [0.1, 0.15) is 5.75 Å². The number of methoxy groups -OCH3 is 1. The van der Waals surface area contributed by atoms with Crippen molar-refractivity contribution < 1.29 is 9.53 Å². The first-order valence-electron chi connectivity index (χ1n) is 8.42. The molecule has 0 radical (unpaired) electrons. The molecular formula is C18H31N3O2. The standard InChI is InChI=1S/C18H31N3O2/c1-6-8-11-21(7-2)17(13(3)4)18(22)20-14-9-10-16(23-5)15(19)12-14/h9-10,12-13,17H,6-8,11,19H2,1-5H3,(H,20,22). The molecule has 0 heterocycles. The lowest BCUT2D eigenvalue weighted by molar-refractivity contribution is -0.122. The van der Waals surface area contributed by atoms with Crippen LogP contribution in [0.2, 0.25) is 0 Å². The molecule has 0 bridgehead atoms. The molecule has 5 heteroatoms. The van der Waals surface area contributed by atoms with Crippen LogP contribution in [0.1, 0.15) is 40.5 Å². The number of nitrogen functional groups attached to an aromatic ring is 1. The third-order valence-corrected chi connectivity index (χ3v) is 4.00. The number of hydrogen-bond acceptors (Lipinski definition) is 4. The summed E-state index contributed by atoms with van der Waals surface area (Å²) in [5.74, 6) is 0.867. The molecule has 0 saturated carbocycles. The Bertz CT molecular complexity index is 503. The first-order valence-corrected chi connectivity index (χ1v) is 8.42. The van der Waals surface area contributed by atoms with Gasteiger partial charge in [0.2, 0.25) is 5.91 Å². The lowest BCUT2D eigenvalue weighted by atomic mass is 10.0. The predicted octanol–water partition coefficient (Wildman–Crippen LogP) is 3.36. The van der Waals surface area contributed by atoms with Crippen LogP contribution in [0.3, 0.4) is 0 Å². The minimum Gasteiger partial charge on any atom is -0.495 e. The molecule has 1 rings (SSSR count). The summed E-state index contributed by atoms with van der Waals surface area (Å²) in [6, 6.07) is 5.17. The fraction of sp³-hybridized carbons (Fsp3) is 0.611. The van der Waals surface area contributed by atoms with E-state index in [9.17, 15) is 4.79 Å². The van der Waals surface area contributed by atoms with E-state index in [-0.39, 0.29) is 17.9 Å². The van der Waals surface area contributed by atoms with Gasteiger partial charge < -0.3 is 15.8 Å². The average molecular weight is 321 g/mol. The van der Waals surface area contributed by atoms with Crippen molar-refractivity contribution in [3.8, 4) is 5.75 Å². The molecule has 1 aromatic carbocycles. The number of nitrogens with one attached hydrogen (secondary N) is 1. The Morgan fingerprint density at radius 2 is 2.04 bits per heavy atom. The van der Waals surface area contributed by atoms with Crippen molar-refractivity contribution in [2.75, 3.05) is 31.2 Å². The second kappa shape index (κ2) is 9.40. The molecule has 0 aromatic heterocycles. The Balaban J connectivity index is 2.87. The first-order chi connectivity index (χ1) is 10.9. The first kappa shape index (κ1) is 19.3. The summed E-state index contributed by atoms with van der Waals surface area (Å²) >= 11 is 0. The molecule has 130 valence electrons. The van der Waals surface area contributed by atoms with Gasteiger partial charge in [0.25, 0.3) is 0 Å². The third-order valence-electron chi connectivity index (χ3n) is 4.00. The van der Waals surface area contributed by atoms with Gasteiger partial charge >= 0.3 is 0 Å². The second-order valence-electron chi connectivity index (χ2n) is 6.12. The Hall–Kier alpha value is -1.75. The van der Waals surface area contributed by atoms with Crippen LogP contribution in [-0.2, 0) is 4.79 Å². The minimum atomic E-state index is -0.144. The maximum Gasteiger partial charge on any atom is 0.241 e. The molecule has 1 aromatic rings. The normalized spacial score (nSPS) is 12.5. The molecular weight excluding hydrogens is 290 g/mol. The lowest BCUT2D eigenvalue weighted by Gasteiger charge is -2.32. The van der Waals surface area contributed by atoms with Crippen LogP contribution >= 0.6 is 0 Å². The van der Waals surface area contributed by atoms with Gasteiger partial charge in [-0.2, -0.15) is 0 Å². The molecule has 1 amide bonds. The van der Waals surface area contributed by atoms with E-state index < -0.39 is 0 Å². The summed E-state index contributed by atoms with van der Waals surface area (Å²) in [6.07, 6.45) is 2.22. The van der Waals surface area contributed by atoms with Gasteiger partial charge in [0, 0.05) is 5.69 Å². The monoisotopic (exact) mass is 321 g/mol. The third kappa shape index (κ3) is 5.43. The number of amides is 1. The van der Waals surface area contributed by atoms with E-state index in [0.29, 0.717) is 17.1 Å². The van der Waals surface area contributed by atoms with Crippen LogP contribution in [0.25, 0.3) is 0 Å². The van der Waals surface area contributed by atoms with E-state index in [1.54, 1.807) is 19.2 Å². The number of nitrogens with zero attached hydrogens (tertiary/aromatic N) is 1. The summed E-state index contributed by atoms with van der Waals surface area (Å²) in [5.41, 5.74) is 7.13. The number of carbonyl (C=O) groups is 1. The smallest absolute Gasteiger partial charge is 0.241 e. The number of unbranched alkanes of at least 4 members (excludes halogenated alkanes) is 1. The molecule has 1 atom stereocenters. The van der Waals surface area contributed by atoms with Crippen molar-refractivity contribution >= 4 is 17.3 Å². The number of ether oxygens (including phenoxy) is 1. The highest BCUT2D eigenvalue weighted by Crippen LogP contribution is 2.25. The van der Waals surface area contributed by atoms with Crippen LogP contribution in [0.5, 0.6) is 5.75 Å². The minimum absolute atomic E-state index is 0.0162. The van der Waals surface area contributed by atoms with Crippen molar-refractivity contribution in [3.63, 3.8) is 0 Å². The van der Waals surface area contributed by atoms with Gasteiger partial charge in [0.05, 0.1) is 18.8 Å². The summed E-state index contributed by atoms with van der Waals surface area (Å²) in [4.78, 5) is 15.0. The molecule has 0 aliphatic carbocycles. The van der Waals surface area contributed by atoms with E-state index in [4.69, 9.17) is 10.5 Å². The van der Waals surface area contributed by atoms with E-state index in [2.05, 4.69) is 37.9 Å². The van der Waals surface area contributed by atoms with Crippen LogP contribution < -0.4 is 15.8 Å². The van der Waals surface area contributed by atoms with Gasteiger partial charge in [-0.05, 0) is 43.6 Å². The number of anilines is 2. The van der Waals surface area contributed by atoms with Gasteiger partial charge in [0.15, 0.2) is 0 Å². The quantitative estimate of drug-likeness (QED) is 0.684. The summed E-state index contributed by atoms with van der Waals surface area (Å²) in [7, 11) is 1.57. The van der Waals surface area contributed by atoms with Crippen molar-refractivity contribution in [2.45, 2.75) is 46.6 Å². The molecule has 0 aliphatic heterocycles. The van der Waals surface area contributed by atoms with Gasteiger partial charge in [-0.1, -0.05) is 34.1 Å². The van der Waals surface area contributed by atoms with Crippen LogP contribution in [-0.4, -0.2) is 37.0 Å². The zero-order valence-corrected chi connectivity index (χ0v) is 15.1. The largest absolute Gasteiger partial charge is 0.495 e. The van der Waals surface area contributed by atoms with Crippen molar-refractivity contribution in [3.05, 3.63) is 18.2 Å². The van der Waals surface area contributed by atoms with Crippen molar-refractivity contribution in [1.82, 2.24) is 4.90 Å². The fourth-order valence-electron chi connectivity index (χ4n) is 2.77. The van der Waals surface area contributed by atoms with Gasteiger partial charge in [-0.25, -0.2) is 0 Å². The summed E-state index contributed by atoms with van der Waals surface area (Å²) < 4.78 is 5.14. The van der Waals surface area contributed by atoms with E-state index in [1.807, 2.05) is 6.07 Å². The maximum atomic E-state index is 12.8. The number of rotatable bonds is 9.